The van der Waals surface area contributed by atoms with Crippen LogP contribution in [-0.4, -0.2) is 48.8 Å². The van der Waals surface area contributed by atoms with Gasteiger partial charge >= 0.3 is 0 Å². The van der Waals surface area contributed by atoms with Crippen molar-refractivity contribution in [2.24, 2.45) is 10.9 Å². The van der Waals surface area contributed by atoms with Gasteiger partial charge < -0.3 is 24.5 Å². The highest BCUT2D eigenvalue weighted by molar-refractivity contribution is 5.80. The molecule has 146 valence electrons. The average molecular weight is 371 g/mol. The van der Waals surface area contributed by atoms with Crippen LogP contribution in [0, 0.1) is 5.92 Å². The molecular formula is C21H29N3O3. The minimum atomic E-state index is -0.291. The molecular weight excluding hydrogens is 342 g/mol. The third-order valence-electron chi connectivity index (χ3n) is 5.01. The molecule has 1 fully saturated rings. The third-order valence-corrected chi connectivity index (χ3v) is 5.01. The summed E-state index contributed by atoms with van der Waals surface area (Å²) in [5, 5.41) is 13.4. The Hall–Kier alpha value is -2.47. The van der Waals surface area contributed by atoms with E-state index >= 15 is 0 Å². The van der Waals surface area contributed by atoms with Crippen molar-refractivity contribution >= 4 is 5.96 Å². The fraction of sp³-hybridized carbons (Fsp3) is 0.476. The van der Waals surface area contributed by atoms with E-state index in [2.05, 4.69) is 10.2 Å². The van der Waals surface area contributed by atoms with E-state index in [-0.39, 0.29) is 6.10 Å². The minimum absolute atomic E-state index is 0.291. The minimum Gasteiger partial charge on any atom is -0.497 e. The summed E-state index contributed by atoms with van der Waals surface area (Å²) in [6.07, 6.45) is 3.20. The van der Waals surface area contributed by atoms with E-state index in [0.717, 1.165) is 55.5 Å². The number of methoxy groups -OCH3 is 1. The second-order valence-corrected chi connectivity index (χ2v) is 6.98. The van der Waals surface area contributed by atoms with Crippen molar-refractivity contribution in [1.82, 2.24) is 10.2 Å². The summed E-state index contributed by atoms with van der Waals surface area (Å²) in [4.78, 5) is 7.06. The molecule has 0 spiro atoms. The number of aliphatic hydroxyl groups is 1. The van der Waals surface area contributed by atoms with Crippen LogP contribution >= 0.6 is 0 Å². The molecule has 6 nitrogen and oxygen atoms in total. The van der Waals surface area contributed by atoms with Crippen LogP contribution in [0.1, 0.15) is 24.7 Å². The second-order valence-electron chi connectivity index (χ2n) is 6.98. The summed E-state index contributed by atoms with van der Waals surface area (Å²) in [6.45, 7) is 4.96. The molecule has 1 saturated heterocycles. The van der Waals surface area contributed by atoms with Crippen LogP contribution in [0.4, 0.5) is 0 Å². The lowest BCUT2D eigenvalue weighted by Gasteiger charge is -2.22. The van der Waals surface area contributed by atoms with Gasteiger partial charge in [0.2, 0.25) is 0 Å². The fourth-order valence-electron chi connectivity index (χ4n) is 3.29. The normalized spacial score (nSPS) is 18.6. The monoisotopic (exact) mass is 371 g/mol. The predicted molar refractivity (Wildman–Crippen MR) is 106 cm³/mol. The Morgan fingerprint density at radius 2 is 2.19 bits per heavy atom. The van der Waals surface area contributed by atoms with Gasteiger partial charge in [-0.25, -0.2) is 4.99 Å². The van der Waals surface area contributed by atoms with Crippen molar-refractivity contribution in [3.63, 3.8) is 0 Å². The van der Waals surface area contributed by atoms with Gasteiger partial charge in [-0.05, 0) is 43.2 Å². The highest BCUT2D eigenvalue weighted by Crippen LogP contribution is 2.20. The van der Waals surface area contributed by atoms with Crippen molar-refractivity contribution in [3.8, 4) is 5.75 Å². The quantitative estimate of drug-likeness (QED) is 0.578. The first-order valence-corrected chi connectivity index (χ1v) is 9.52. The first-order chi connectivity index (χ1) is 13.2. The number of aliphatic imine (C=N–C) groups is 1. The number of likely N-dealkylation sites (tertiary alicyclic amines) is 1. The number of guanidine groups is 1. The van der Waals surface area contributed by atoms with Crippen molar-refractivity contribution in [2.75, 3.05) is 26.7 Å². The highest BCUT2D eigenvalue weighted by atomic mass is 16.5. The van der Waals surface area contributed by atoms with Gasteiger partial charge in [0.1, 0.15) is 11.5 Å². The SMILES string of the molecule is COc1ccc(CN=C(NCCc2ccco2)N2CCC(C(C)O)C2)cc1. The maximum Gasteiger partial charge on any atom is 0.194 e. The molecule has 1 aliphatic rings. The first-order valence-electron chi connectivity index (χ1n) is 9.52. The summed E-state index contributed by atoms with van der Waals surface area (Å²) < 4.78 is 10.6. The molecule has 0 amide bonds. The lowest BCUT2D eigenvalue weighted by Crippen LogP contribution is -2.41. The van der Waals surface area contributed by atoms with Gasteiger partial charge in [0.05, 0.1) is 26.0 Å². The van der Waals surface area contributed by atoms with Crippen LogP contribution < -0.4 is 10.1 Å². The van der Waals surface area contributed by atoms with Crippen molar-refractivity contribution in [3.05, 3.63) is 54.0 Å². The van der Waals surface area contributed by atoms with Gasteiger partial charge in [-0.3, -0.25) is 0 Å². The molecule has 3 rings (SSSR count). The molecule has 27 heavy (non-hydrogen) atoms. The Balaban J connectivity index is 1.64. The molecule has 2 N–H and O–H groups in total. The molecule has 1 aliphatic heterocycles. The molecule has 2 heterocycles. The second kappa shape index (κ2) is 9.46. The maximum atomic E-state index is 9.90. The van der Waals surface area contributed by atoms with Gasteiger partial charge in [0.25, 0.3) is 0 Å². The number of benzene rings is 1. The van der Waals surface area contributed by atoms with Gasteiger partial charge in [0, 0.05) is 32.0 Å². The largest absolute Gasteiger partial charge is 0.497 e. The van der Waals surface area contributed by atoms with E-state index in [1.807, 2.05) is 43.3 Å². The smallest absolute Gasteiger partial charge is 0.194 e. The number of furan rings is 1. The van der Waals surface area contributed by atoms with Crippen LogP contribution in [0.15, 0.2) is 52.1 Å². The van der Waals surface area contributed by atoms with E-state index in [1.54, 1.807) is 13.4 Å². The zero-order chi connectivity index (χ0) is 19.1. The lowest BCUT2D eigenvalue weighted by molar-refractivity contribution is 0.132. The van der Waals surface area contributed by atoms with Gasteiger partial charge in [-0.1, -0.05) is 12.1 Å². The summed E-state index contributed by atoms with van der Waals surface area (Å²) in [5.41, 5.74) is 1.13. The summed E-state index contributed by atoms with van der Waals surface area (Å²) in [7, 11) is 1.67. The van der Waals surface area contributed by atoms with Crippen LogP contribution in [0.2, 0.25) is 0 Å². The third kappa shape index (κ3) is 5.50. The van der Waals surface area contributed by atoms with Crippen molar-refractivity contribution in [1.29, 1.82) is 0 Å². The number of ether oxygens (including phenoxy) is 1. The Bertz CT molecular complexity index is 711. The first kappa shape index (κ1) is 19.3. The fourth-order valence-corrected chi connectivity index (χ4v) is 3.29. The maximum absolute atomic E-state index is 9.90. The van der Waals surface area contributed by atoms with E-state index in [0.29, 0.717) is 12.5 Å². The van der Waals surface area contributed by atoms with E-state index in [4.69, 9.17) is 14.1 Å². The molecule has 6 heteroatoms. The molecule has 2 atom stereocenters. The lowest BCUT2D eigenvalue weighted by atomic mass is 10.0. The van der Waals surface area contributed by atoms with Crippen LogP contribution in [0.5, 0.6) is 5.75 Å². The number of rotatable bonds is 7. The van der Waals surface area contributed by atoms with Crippen LogP contribution in [0.25, 0.3) is 0 Å². The predicted octanol–water partition coefficient (Wildman–Crippen LogP) is 2.68. The zero-order valence-electron chi connectivity index (χ0n) is 16.1. The zero-order valence-corrected chi connectivity index (χ0v) is 16.1. The molecule has 2 unspecified atom stereocenters. The number of nitrogens with one attached hydrogen (secondary N) is 1. The molecule has 0 aliphatic carbocycles. The molecule has 2 aromatic rings. The molecule has 1 aromatic heterocycles. The number of hydrogen-bond donors (Lipinski definition) is 2. The number of hydrogen-bond acceptors (Lipinski definition) is 4. The van der Waals surface area contributed by atoms with Gasteiger partial charge in [0.15, 0.2) is 5.96 Å². The summed E-state index contributed by atoms with van der Waals surface area (Å²) in [6, 6.07) is 11.9. The molecule has 1 aromatic carbocycles. The molecule has 0 bridgehead atoms. The van der Waals surface area contributed by atoms with Crippen LogP contribution in [0.3, 0.4) is 0 Å². The molecule has 0 radical (unpaired) electrons. The van der Waals surface area contributed by atoms with E-state index < -0.39 is 0 Å². The highest BCUT2D eigenvalue weighted by Gasteiger charge is 2.27. The number of nitrogens with zero attached hydrogens (tertiary/aromatic N) is 2. The average Bonchev–Trinajstić information content (AvgIpc) is 3.37. The van der Waals surface area contributed by atoms with Gasteiger partial charge in [-0.2, -0.15) is 0 Å². The van der Waals surface area contributed by atoms with Crippen molar-refractivity contribution < 1.29 is 14.3 Å². The van der Waals surface area contributed by atoms with Gasteiger partial charge in [-0.15, -0.1) is 0 Å². The van der Waals surface area contributed by atoms with E-state index in [1.165, 1.54) is 0 Å². The summed E-state index contributed by atoms with van der Waals surface area (Å²) >= 11 is 0. The van der Waals surface area contributed by atoms with Crippen molar-refractivity contribution in [2.45, 2.75) is 32.4 Å². The number of aliphatic hydroxyl groups excluding tert-OH is 1. The summed E-state index contributed by atoms with van der Waals surface area (Å²) in [5.74, 6) is 2.99. The van der Waals surface area contributed by atoms with E-state index in [9.17, 15) is 5.11 Å². The molecule has 0 saturated carbocycles. The Morgan fingerprint density at radius 1 is 1.37 bits per heavy atom. The Labute approximate surface area is 160 Å². The standard InChI is InChI=1S/C21H29N3O3/c1-16(25)18-10-12-24(15-18)21(22-11-9-20-4-3-13-27-20)23-14-17-5-7-19(26-2)8-6-17/h3-8,13,16,18,25H,9-12,14-15H2,1-2H3,(H,22,23). The van der Waals surface area contributed by atoms with Crippen LogP contribution in [-0.2, 0) is 13.0 Å². The Morgan fingerprint density at radius 3 is 2.81 bits per heavy atom. The topological polar surface area (TPSA) is 70.2 Å². The Kier molecular flexibility index (Phi) is 6.76.